The van der Waals surface area contributed by atoms with Crippen LogP contribution in [0.2, 0.25) is 0 Å². The van der Waals surface area contributed by atoms with Gasteiger partial charge in [-0.25, -0.2) is 4.98 Å². The molecule has 2 aromatic rings. The van der Waals surface area contributed by atoms with Crippen molar-refractivity contribution in [3.63, 3.8) is 0 Å². The Morgan fingerprint density at radius 2 is 2.09 bits per heavy atom. The van der Waals surface area contributed by atoms with Gasteiger partial charge in [0.05, 0.1) is 10.6 Å². The monoisotopic (exact) mass is 316 g/mol. The summed E-state index contributed by atoms with van der Waals surface area (Å²) in [4.78, 5) is 14.9. The van der Waals surface area contributed by atoms with Crippen LogP contribution >= 0.6 is 11.3 Å². The molecule has 0 atom stereocenters. The van der Waals surface area contributed by atoms with Crippen molar-refractivity contribution in [2.45, 2.75) is 32.1 Å². The van der Waals surface area contributed by atoms with Crippen molar-refractivity contribution in [3.8, 4) is 11.3 Å². The van der Waals surface area contributed by atoms with Crippen LogP contribution in [-0.2, 0) is 0 Å². The standard InChI is InChI=1S/C15H16N4O2S/c20-19(21)13-8-4-5-11(9-13)14-10-22-15(16-14)18-17-12-6-2-1-3-7-12/h4-5,8-10H,1-3,6-7H2,(H,16,18). The molecule has 1 aromatic carbocycles. The molecule has 1 saturated carbocycles. The Morgan fingerprint density at radius 3 is 2.86 bits per heavy atom. The zero-order chi connectivity index (χ0) is 15.4. The smallest absolute Gasteiger partial charge is 0.258 e. The first-order valence-electron chi connectivity index (χ1n) is 7.24. The van der Waals surface area contributed by atoms with Gasteiger partial charge in [0.25, 0.3) is 5.69 Å². The summed E-state index contributed by atoms with van der Waals surface area (Å²) < 4.78 is 0. The molecule has 0 unspecified atom stereocenters. The summed E-state index contributed by atoms with van der Waals surface area (Å²) in [6, 6.07) is 6.50. The van der Waals surface area contributed by atoms with Gasteiger partial charge in [0.15, 0.2) is 0 Å². The Morgan fingerprint density at radius 1 is 1.27 bits per heavy atom. The number of anilines is 1. The quantitative estimate of drug-likeness (QED) is 0.667. The number of hydrogen-bond acceptors (Lipinski definition) is 6. The number of hydrogen-bond donors (Lipinski definition) is 1. The van der Waals surface area contributed by atoms with Gasteiger partial charge >= 0.3 is 0 Å². The molecule has 0 saturated heterocycles. The SMILES string of the molecule is O=[N+]([O-])c1cccc(-c2csc(NN=C3CCCCC3)n2)c1. The number of benzene rings is 1. The second kappa shape index (κ2) is 6.65. The average molecular weight is 316 g/mol. The number of nitro benzene ring substituents is 1. The van der Waals surface area contributed by atoms with Crippen molar-refractivity contribution in [3.05, 3.63) is 39.8 Å². The van der Waals surface area contributed by atoms with Crippen molar-refractivity contribution in [2.75, 3.05) is 5.43 Å². The van der Waals surface area contributed by atoms with Crippen molar-refractivity contribution in [1.82, 2.24) is 4.98 Å². The molecule has 0 spiro atoms. The topological polar surface area (TPSA) is 80.4 Å². The van der Waals surface area contributed by atoms with Crippen LogP contribution in [0.5, 0.6) is 0 Å². The molecule has 1 aliphatic rings. The van der Waals surface area contributed by atoms with Gasteiger partial charge in [-0.05, 0) is 25.7 Å². The van der Waals surface area contributed by atoms with E-state index >= 15 is 0 Å². The highest BCUT2D eigenvalue weighted by Gasteiger charge is 2.10. The lowest BCUT2D eigenvalue weighted by Gasteiger charge is -2.11. The number of nitrogens with zero attached hydrogens (tertiary/aromatic N) is 3. The van der Waals surface area contributed by atoms with Gasteiger partial charge < -0.3 is 0 Å². The fraction of sp³-hybridized carbons (Fsp3) is 0.333. The number of nitro groups is 1. The lowest BCUT2D eigenvalue weighted by atomic mass is 9.99. The maximum Gasteiger partial charge on any atom is 0.270 e. The summed E-state index contributed by atoms with van der Waals surface area (Å²) in [5.41, 5.74) is 5.73. The minimum Gasteiger partial charge on any atom is -0.258 e. The van der Waals surface area contributed by atoms with Gasteiger partial charge in [-0.3, -0.25) is 15.5 Å². The number of aromatic nitrogens is 1. The summed E-state index contributed by atoms with van der Waals surface area (Å²) in [5, 5.41) is 17.8. The van der Waals surface area contributed by atoms with Gasteiger partial charge in [-0.1, -0.05) is 18.6 Å². The Balaban J connectivity index is 1.73. The number of nitrogens with one attached hydrogen (secondary N) is 1. The van der Waals surface area contributed by atoms with E-state index in [2.05, 4.69) is 15.5 Å². The van der Waals surface area contributed by atoms with E-state index in [1.165, 1.54) is 48.4 Å². The van der Waals surface area contributed by atoms with E-state index in [1.807, 2.05) is 11.4 Å². The number of rotatable bonds is 4. The fourth-order valence-electron chi connectivity index (χ4n) is 2.44. The summed E-state index contributed by atoms with van der Waals surface area (Å²) >= 11 is 1.45. The van der Waals surface area contributed by atoms with E-state index in [9.17, 15) is 10.1 Å². The van der Waals surface area contributed by atoms with Crippen LogP contribution in [0.4, 0.5) is 10.8 Å². The maximum atomic E-state index is 10.8. The zero-order valence-electron chi connectivity index (χ0n) is 12.0. The number of hydrazone groups is 1. The summed E-state index contributed by atoms with van der Waals surface area (Å²) in [5.74, 6) is 0. The highest BCUT2D eigenvalue weighted by molar-refractivity contribution is 7.14. The fourth-order valence-corrected chi connectivity index (χ4v) is 3.10. The van der Waals surface area contributed by atoms with Crippen LogP contribution in [0, 0.1) is 10.1 Å². The first-order valence-corrected chi connectivity index (χ1v) is 8.12. The van der Waals surface area contributed by atoms with E-state index in [0.29, 0.717) is 5.13 Å². The van der Waals surface area contributed by atoms with Gasteiger partial charge in [-0.2, -0.15) is 5.10 Å². The van der Waals surface area contributed by atoms with Crippen molar-refractivity contribution < 1.29 is 4.92 Å². The lowest BCUT2D eigenvalue weighted by Crippen LogP contribution is -2.07. The van der Waals surface area contributed by atoms with E-state index in [1.54, 1.807) is 6.07 Å². The zero-order valence-corrected chi connectivity index (χ0v) is 12.8. The first kappa shape index (κ1) is 14.6. The van der Waals surface area contributed by atoms with Crippen LogP contribution in [0.3, 0.4) is 0 Å². The van der Waals surface area contributed by atoms with Gasteiger partial charge in [-0.15, -0.1) is 11.3 Å². The minimum atomic E-state index is -0.399. The molecule has 0 bridgehead atoms. The van der Waals surface area contributed by atoms with Gasteiger partial charge in [0, 0.05) is 28.8 Å². The Bertz CT molecular complexity index is 703. The van der Waals surface area contributed by atoms with E-state index in [0.717, 1.165) is 24.1 Å². The maximum absolute atomic E-state index is 10.8. The van der Waals surface area contributed by atoms with Gasteiger partial charge in [0.1, 0.15) is 0 Å². The summed E-state index contributed by atoms with van der Waals surface area (Å²) in [6.45, 7) is 0. The normalized spacial score (nSPS) is 14.6. The van der Waals surface area contributed by atoms with Crippen molar-refractivity contribution in [1.29, 1.82) is 0 Å². The van der Waals surface area contributed by atoms with Crippen molar-refractivity contribution in [2.24, 2.45) is 5.10 Å². The third-order valence-electron chi connectivity index (χ3n) is 3.60. The third kappa shape index (κ3) is 3.48. The van der Waals surface area contributed by atoms with Crippen LogP contribution in [0.25, 0.3) is 11.3 Å². The van der Waals surface area contributed by atoms with E-state index < -0.39 is 4.92 Å². The molecule has 1 heterocycles. The molecule has 7 heteroatoms. The molecule has 1 fully saturated rings. The molecular weight excluding hydrogens is 300 g/mol. The first-order chi connectivity index (χ1) is 10.7. The second-order valence-corrected chi connectivity index (χ2v) is 6.05. The Hall–Kier alpha value is -2.28. The molecule has 0 radical (unpaired) electrons. The Kier molecular flexibility index (Phi) is 4.43. The highest BCUT2D eigenvalue weighted by Crippen LogP contribution is 2.27. The number of non-ortho nitro benzene ring substituents is 1. The lowest BCUT2D eigenvalue weighted by molar-refractivity contribution is -0.384. The van der Waals surface area contributed by atoms with E-state index in [4.69, 9.17) is 0 Å². The molecule has 1 N–H and O–H groups in total. The van der Waals surface area contributed by atoms with E-state index in [-0.39, 0.29) is 5.69 Å². The van der Waals surface area contributed by atoms with Crippen molar-refractivity contribution >= 4 is 27.9 Å². The molecule has 1 aromatic heterocycles. The molecule has 0 aliphatic heterocycles. The third-order valence-corrected chi connectivity index (χ3v) is 4.34. The van der Waals surface area contributed by atoms with Gasteiger partial charge in [0.2, 0.25) is 5.13 Å². The molecule has 6 nitrogen and oxygen atoms in total. The van der Waals surface area contributed by atoms with Crippen LogP contribution in [0.15, 0.2) is 34.7 Å². The second-order valence-electron chi connectivity index (χ2n) is 5.20. The largest absolute Gasteiger partial charge is 0.270 e. The minimum absolute atomic E-state index is 0.0717. The summed E-state index contributed by atoms with van der Waals surface area (Å²) in [7, 11) is 0. The summed E-state index contributed by atoms with van der Waals surface area (Å²) in [6.07, 6.45) is 5.80. The molecule has 22 heavy (non-hydrogen) atoms. The molecule has 114 valence electrons. The average Bonchev–Trinajstić information content (AvgIpc) is 3.03. The Labute approximate surface area is 132 Å². The van der Waals surface area contributed by atoms with Crippen LogP contribution in [0.1, 0.15) is 32.1 Å². The predicted molar refractivity (Wildman–Crippen MR) is 88.3 cm³/mol. The molecular formula is C15H16N4O2S. The highest BCUT2D eigenvalue weighted by atomic mass is 32.1. The van der Waals surface area contributed by atoms with Crippen LogP contribution in [-0.4, -0.2) is 15.6 Å². The predicted octanol–water partition coefficient (Wildman–Crippen LogP) is 4.45. The van der Waals surface area contributed by atoms with Crippen LogP contribution < -0.4 is 5.43 Å². The molecule has 0 amide bonds. The number of thiazole rings is 1. The molecule has 1 aliphatic carbocycles. The molecule has 3 rings (SSSR count).